The lowest BCUT2D eigenvalue weighted by Crippen LogP contribution is -2.32. The number of carbonyl (C=O) groups excluding carboxylic acids is 2. The number of aliphatic hydroxyl groups excluding tert-OH is 1. The van der Waals surface area contributed by atoms with Gasteiger partial charge < -0.3 is 33.7 Å². The van der Waals surface area contributed by atoms with Crippen LogP contribution in [0.1, 0.15) is 17.2 Å². The molecule has 1 atom stereocenters. The number of Topliss-reactive ketones (excluding diaryl/α,β-unsaturated/α-hetero) is 1. The van der Waals surface area contributed by atoms with Crippen molar-refractivity contribution in [3.8, 4) is 23.0 Å². The summed E-state index contributed by atoms with van der Waals surface area (Å²) in [6, 6.07) is 9.01. The molecule has 9 nitrogen and oxygen atoms in total. The first-order valence-corrected chi connectivity index (χ1v) is 10.1. The van der Waals surface area contributed by atoms with Crippen molar-refractivity contribution in [3.05, 3.63) is 53.1 Å². The van der Waals surface area contributed by atoms with E-state index in [0.717, 1.165) is 0 Å². The van der Waals surface area contributed by atoms with Gasteiger partial charge in [-0.1, -0.05) is 12.1 Å². The van der Waals surface area contributed by atoms with Gasteiger partial charge in [0.2, 0.25) is 5.75 Å². The van der Waals surface area contributed by atoms with E-state index in [0.29, 0.717) is 34.1 Å². The van der Waals surface area contributed by atoms with Crippen LogP contribution in [0.5, 0.6) is 23.0 Å². The maximum Gasteiger partial charge on any atom is 0.295 e. The van der Waals surface area contributed by atoms with Crippen LogP contribution in [0.2, 0.25) is 0 Å². The number of hydrogen-bond donors (Lipinski definition) is 1. The molecule has 0 radical (unpaired) electrons. The van der Waals surface area contributed by atoms with E-state index in [1.165, 1.54) is 40.4 Å². The number of rotatable bonds is 9. The number of carbonyl (C=O) groups is 2. The molecule has 0 saturated carbocycles. The van der Waals surface area contributed by atoms with Crippen LogP contribution in [-0.4, -0.2) is 70.4 Å². The quantitative estimate of drug-likeness (QED) is 0.348. The number of nitrogens with zero attached hydrogens (tertiary/aromatic N) is 1. The van der Waals surface area contributed by atoms with Crippen LogP contribution in [0.15, 0.2) is 42.0 Å². The minimum atomic E-state index is -0.903. The van der Waals surface area contributed by atoms with Crippen molar-refractivity contribution in [2.45, 2.75) is 6.04 Å². The highest BCUT2D eigenvalue weighted by Crippen LogP contribution is 2.45. The summed E-state index contributed by atoms with van der Waals surface area (Å²) in [7, 11) is 7.42. The highest BCUT2D eigenvalue weighted by atomic mass is 16.5. The summed E-state index contributed by atoms with van der Waals surface area (Å²) < 4.78 is 26.6. The molecule has 9 heteroatoms. The Bertz CT molecular complexity index is 1050. The minimum absolute atomic E-state index is 0.0568. The van der Waals surface area contributed by atoms with Crippen molar-refractivity contribution in [3.63, 3.8) is 0 Å². The number of benzene rings is 2. The summed E-state index contributed by atoms with van der Waals surface area (Å²) >= 11 is 0. The van der Waals surface area contributed by atoms with Gasteiger partial charge in [-0.3, -0.25) is 9.59 Å². The van der Waals surface area contributed by atoms with Crippen LogP contribution in [-0.2, 0) is 14.3 Å². The van der Waals surface area contributed by atoms with Gasteiger partial charge in [-0.15, -0.1) is 0 Å². The van der Waals surface area contributed by atoms with Gasteiger partial charge in [0.15, 0.2) is 11.5 Å². The van der Waals surface area contributed by atoms with E-state index >= 15 is 0 Å². The molecular formula is C24H27NO8. The largest absolute Gasteiger partial charge is 0.507 e. The first-order valence-electron chi connectivity index (χ1n) is 10.1. The van der Waals surface area contributed by atoms with E-state index in [4.69, 9.17) is 23.7 Å². The summed E-state index contributed by atoms with van der Waals surface area (Å²) in [6.07, 6.45) is 0. The zero-order valence-electron chi connectivity index (χ0n) is 19.2. The fourth-order valence-corrected chi connectivity index (χ4v) is 3.83. The minimum Gasteiger partial charge on any atom is -0.507 e. The summed E-state index contributed by atoms with van der Waals surface area (Å²) in [5.74, 6) is -0.287. The lowest BCUT2D eigenvalue weighted by molar-refractivity contribution is -0.140. The Morgan fingerprint density at radius 1 is 0.939 bits per heavy atom. The van der Waals surface area contributed by atoms with Gasteiger partial charge in [0.25, 0.3) is 11.7 Å². The first kappa shape index (κ1) is 23.9. The molecule has 1 aliphatic rings. The second kappa shape index (κ2) is 10.3. The van der Waals surface area contributed by atoms with Gasteiger partial charge in [-0.2, -0.15) is 0 Å². The molecule has 3 rings (SSSR count). The Labute approximate surface area is 192 Å². The average Bonchev–Trinajstić information content (AvgIpc) is 3.10. The van der Waals surface area contributed by atoms with Crippen molar-refractivity contribution in [1.82, 2.24) is 4.90 Å². The number of amides is 1. The van der Waals surface area contributed by atoms with Gasteiger partial charge in [0, 0.05) is 19.2 Å². The van der Waals surface area contributed by atoms with Gasteiger partial charge in [0.05, 0.1) is 46.7 Å². The van der Waals surface area contributed by atoms with Crippen molar-refractivity contribution in [2.75, 3.05) is 48.7 Å². The molecule has 33 heavy (non-hydrogen) atoms. The molecule has 1 saturated heterocycles. The summed E-state index contributed by atoms with van der Waals surface area (Å²) in [6.45, 7) is 0.338. The Kier molecular flexibility index (Phi) is 7.44. The highest BCUT2D eigenvalue weighted by molar-refractivity contribution is 6.46. The number of methoxy groups -OCH3 is 5. The molecule has 1 aliphatic heterocycles. The first-order chi connectivity index (χ1) is 15.9. The zero-order chi connectivity index (χ0) is 24.1. The topological polar surface area (TPSA) is 104 Å². The van der Waals surface area contributed by atoms with Gasteiger partial charge in [0.1, 0.15) is 11.5 Å². The maximum absolute atomic E-state index is 13.1. The molecule has 0 spiro atoms. The Morgan fingerprint density at radius 2 is 1.61 bits per heavy atom. The second-order valence-electron chi connectivity index (χ2n) is 7.18. The van der Waals surface area contributed by atoms with Crippen LogP contribution >= 0.6 is 0 Å². The van der Waals surface area contributed by atoms with Crippen LogP contribution < -0.4 is 18.9 Å². The van der Waals surface area contributed by atoms with E-state index < -0.39 is 17.7 Å². The Morgan fingerprint density at radius 3 is 2.15 bits per heavy atom. The predicted octanol–water partition coefficient (Wildman–Crippen LogP) is 2.79. The normalized spacial score (nSPS) is 17.2. The van der Waals surface area contributed by atoms with Crippen LogP contribution in [0.3, 0.4) is 0 Å². The molecule has 1 amide bonds. The average molecular weight is 457 g/mol. The van der Waals surface area contributed by atoms with Crippen molar-refractivity contribution in [2.24, 2.45) is 0 Å². The summed E-state index contributed by atoms with van der Waals surface area (Å²) in [5.41, 5.74) is 0.791. The van der Waals surface area contributed by atoms with Crippen molar-refractivity contribution < 1.29 is 38.4 Å². The molecular weight excluding hydrogens is 430 g/mol. The van der Waals surface area contributed by atoms with Gasteiger partial charge >= 0.3 is 0 Å². The van der Waals surface area contributed by atoms with Crippen molar-refractivity contribution in [1.29, 1.82) is 0 Å². The van der Waals surface area contributed by atoms with Crippen molar-refractivity contribution >= 4 is 17.4 Å². The fourth-order valence-electron chi connectivity index (χ4n) is 3.83. The monoisotopic (exact) mass is 457 g/mol. The standard InChI is InChI=1S/C24H27NO8/c1-29-10-9-25-20(15-12-17(31-3)23(33-5)18(13-15)32-4)19(22(27)24(25)28)21(26)14-7-6-8-16(11-14)30-2/h6-8,11-13,20,26H,9-10H2,1-5H3/b21-19+. The third-order valence-corrected chi connectivity index (χ3v) is 5.42. The predicted molar refractivity (Wildman–Crippen MR) is 120 cm³/mol. The Balaban J connectivity index is 2.26. The smallest absolute Gasteiger partial charge is 0.295 e. The SMILES string of the molecule is COCCN1C(=O)C(=O)/C(=C(/O)c2cccc(OC)c2)C1c1cc(OC)c(OC)c(OC)c1. The molecule has 0 aromatic heterocycles. The molecule has 2 aromatic carbocycles. The van der Waals surface area contributed by atoms with Gasteiger partial charge in [-0.05, 0) is 29.8 Å². The molecule has 0 bridgehead atoms. The Hall–Kier alpha value is -3.72. The third kappa shape index (κ3) is 4.45. The van der Waals surface area contributed by atoms with Crippen LogP contribution in [0.4, 0.5) is 0 Å². The molecule has 2 aromatic rings. The highest BCUT2D eigenvalue weighted by Gasteiger charge is 2.46. The van der Waals surface area contributed by atoms with Crippen LogP contribution in [0, 0.1) is 0 Å². The number of hydrogen-bond acceptors (Lipinski definition) is 8. The number of ketones is 1. The molecule has 1 heterocycles. The van der Waals surface area contributed by atoms with E-state index in [9.17, 15) is 14.7 Å². The summed E-state index contributed by atoms with van der Waals surface area (Å²) in [4.78, 5) is 27.4. The third-order valence-electron chi connectivity index (χ3n) is 5.42. The molecule has 1 N–H and O–H groups in total. The number of aliphatic hydroxyl groups is 1. The molecule has 0 aliphatic carbocycles. The van der Waals surface area contributed by atoms with E-state index in [2.05, 4.69) is 0 Å². The number of ether oxygens (including phenoxy) is 5. The zero-order valence-corrected chi connectivity index (χ0v) is 19.2. The fraction of sp³-hybridized carbons (Fsp3) is 0.333. The summed E-state index contributed by atoms with van der Waals surface area (Å²) in [5, 5.41) is 11.2. The number of likely N-dealkylation sites (tertiary alicyclic amines) is 1. The van der Waals surface area contributed by atoms with E-state index in [1.807, 2.05) is 0 Å². The maximum atomic E-state index is 13.1. The lowest BCUT2D eigenvalue weighted by atomic mass is 9.94. The van der Waals surface area contributed by atoms with E-state index in [-0.39, 0.29) is 24.5 Å². The van der Waals surface area contributed by atoms with Crippen LogP contribution in [0.25, 0.3) is 5.76 Å². The van der Waals surface area contributed by atoms with E-state index in [1.54, 1.807) is 36.4 Å². The second-order valence-corrected chi connectivity index (χ2v) is 7.18. The lowest BCUT2D eigenvalue weighted by Gasteiger charge is -2.26. The van der Waals surface area contributed by atoms with Gasteiger partial charge in [-0.25, -0.2) is 0 Å². The molecule has 176 valence electrons. The molecule has 1 fully saturated rings. The molecule has 1 unspecified atom stereocenters.